The van der Waals surface area contributed by atoms with E-state index in [9.17, 15) is 0 Å². The maximum Gasteiger partial charge on any atom is 0.193 e. The van der Waals surface area contributed by atoms with Crippen molar-refractivity contribution in [1.29, 1.82) is 0 Å². The predicted molar refractivity (Wildman–Crippen MR) is 75.9 cm³/mol. The molecule has 0 aromatic carbocycles. The van der Waals surface area contributed by atoms with Crippen LogP contribution in [0.15, 0.2) is 27.8 Å². The average molecular weight is 251 g/mol. The Bertz CT molecular complexity index is 333. The van der Waals surface area contributed by atoms with Crippen LogP contribution in [0.3, 0.4) is 0 Å². The van der Waals surface area contributed by atoms with Crippen LogP contribution in [0.5, 0.6) is 0 Å². The van der Waals surface area contributed by atoms with Crippen LogP contribution < -0.4 is 5.32 Å². The summed E-state index contributed by atoms with van der Waals surface area (Å²) in [6.45, 7) is 7.00. The largest absolute Gasteiger partial charge is 0.469 e. The van der Waals surface area contributed by atoms with E-state index in [1.807, 2.05) is 12.1 Å². The van der Waals surface area contributed by atoms with Gasteiger partial charge in [-0.15, -0.1) is 0 Å². The molecule has 0 aliphatic heterocycles. The first-order chi connectivity index (χ1) is 8.77. The van der Waals surface area contributed by atoms with E-state index in [2.05, 4.69) is 36.1 Å². The highest BCUT2D eigenvalue weighted by atomic mass is 16.3. The van der Waals surface area contributed by atoms with E-state index in [-0.39, 0.29) is 0 Å². The molecule has 0 aliphatic rings. The maximum absolute atomic E-state index is 5.30. The summed E-state index contributed by atoms with van der Waals surface area (Å²) < 4.78 is 5.30. The van der Waals surface area contributed by atoms with Crippen molar-refractivity contribution in [2.45, 2.75) is 33.1 Å². The number of guanidine groups is 1. The molecule has 4 heteroatoms. The smallest absolute Gasteiger partial charge is 0.193 e. The molecular weight excluding hydrogens is 226 g/mol. The molecule has 1 N–H and O–H groups in total. The van der Waals surface area contributed by atoms with E-state index in [1.165, 1.54) is 12.8 Å². The molecule has 1 aromatic rings. The summed E-state index contributed by atoms with van der Waals surface area (Å²) in [6, 6.07) is 3.90. The summed E-state index contributed by atoms with van der Waals surface area (Å²) in [6.07, 6.45) is 4.95. The summed E-state index contributed by atoms with van der Waals surface area (Å²) >= 11 is 0. The number of hydrogen-bond acceptors (Lipinski definition) is 2. The fourth-order valence-electron chi connectivity index (χ4n) is 1.70. The lowest BCUT2D eigenvalue weighted by molar-refractivity contribution is 0.463. The Kier molecular flexibility index (Phi) is 6.99. The number of nitrogens with one attached hydrogen (secondary N) is 1. The summed E-state index contributed by atoms with van der Waals surface area (Å²) in [5, 5.41) is 3.32. The van der Waals surface area contributed by atoms with E-state index in [1.54, 1.807) is 6.26 Å². The van der Waals surface area contributed by atoms with Crippen LogP contribution >= 0.6 is 0 Å². The average Bonchev–Trinajstić information content (AvgIpc) is 2.88. The third kappa shape index (κ3) is 5.25. The molecular formula is C14H25N3O. The topological polar surface area (TPSA) is 40.8 Å². The lowest BCUT2D eigenvalue weighted by Crippen LogP contribution is -2.39. The molecule has 0 saturated carbocycles. The predicted octanol–water partition coefficient (Wildman–Crippen LogP) is 2.52. The van der Waals surface area contributed by atoms with Gasteiger partial charge in [0.1, 0.15) is 5.76 Å². The third-order valence-corrected chi connectivity index (χ3v) is 2.74. The van der Waals surface area contributed by atoms with Crippen LogP contribution in [0.1, 0.15) is 32.4 Å². The molecule has 0 atom stereocenters. The first-order valence-electron chi connectivity index (χ1n) is 6.79. The molecule has 0 bridgehead atoms. The van der Waals surface area contributed by atoms with E-state index in [0.717, 1.165) is 37.8 Å². The van der Waals surface area contributed by atoms with E-state index in [0.29, 0.717) is 0 Å². The summed E-state index contributed by atoms with van der Waals surface area (Å²) in [5.74, 6) is 1.98. The molecule has 0 aliphatic carbocycles. The highest BCUT2D eigenvalue weighted by molar-refractivity contribution is 5.79. The Labute approximate surface area is 110 Å². The number of furan rings is 1. The highest BCUT2D eigenvalue weighted by Gasteiger charge is 2.04. The van der Waals surface area contributed by atoms with Gasteiger partial charge in [-0.1, -0.05) is 13.3 Å². The second-order valence-electron chi connectivity index (χ2n) is 4.34. The third-order valence-electron chi connectivity index (χ3n) is 2.74. The van der Waals surface area contributed by atoms with Gasteiger partial charge in [0.05, 0.1) is 6.26 Å². The SMILES string of the molecule is CCCCN(C)C(=NCCc1ccco1)NCC. The van der Waals surface area contributed by atoms with E-state index < -0.39 is 0 Å². The summed E-state index contributed by atoms with van der Waals surface area (Å²) in [5.41, 5.74) is 0. The zero-order valence-electron chi connectivity index (χ0n) is 11.8. The first-order valence-corrected chi connectivity index (χ1v) is 6.79. The van der Waals surface area contributed by atoms with Crippen molar-refractivity contribution in [2.24, 2.45) is 4.99 Å². The van der Waals surface area contributed by atoms with Crippen molar-refractivity contribution >= 4 is 5.96 Å². The molecule has 0 saturated heterocycles. The molecule has 0 amide bonds. The van der Waals surface area contributed by atoms with Gasteiger partial charge in [-0.05, 0) is 25.5 Å². The molecule has 0 fully saturated rings. The van der Waals surface area contributed by atoms with Crippen molar-refractivity contribution < 1.29 is 4.42 Å². The first kappa shape index (κ1) is 14.6. The quantitative estimate of drug-likeness (QED) is 0.598. The second kappa shape index (κ2) is 8.61. The number of aliphatic imine (C=N–C) groups is 1. The van der Waals surface area contributed by atoms with Gasteiger partial charge >= 0.3 is 0 Å². The number of rotatable bonds is 7. The van der Waals surface area contributed by atoms with Crippen LogP contribution in [0.2, 0.25) is 0 Å². The Balaban J connectivity index is 2.43. The van der Waals surface area contributed by atoms with E-state index in [4.69, 9.17) is 4.42 Å². The molecule has 0 unspecified atom stereocenters. The van der Waals surface area contributed by atoms with Crippen molar-refractivity contribution in [1.82, 2.24) is 10.2 Å². The maximum atomic E-state index is 5.30. The van der Waals surface area contributed by atoms with Crippen LogP contribution in [0.25, 0.3) is 0 Å². The van der Waals surface area contributed by atoms with Gasteiger partial charge in [-0.2, -0.15) is 0 Å². The Hall–Kier alpha value is -1.45. The fraction of sp³-hybridized carbons (Fsp3) is 0.643. The standard InChI is InChI=1S/C14H25N3O/c1-4-6-11-17(3)14(15-5-2)16-10-9-13-8-7-12-18-13/h7-8,12H,4-6,9-11H2,1-3H3,(H,15,16). The van der Waals surface area contributed by atoms with Gasteiger partial charge in [0.25, 0.3) is 0 Å². The summed E-state index contributed by atoms with van der Waals surface area (Å²) in [4.78, 5) is 6.80. The van der Waals surface area contributed by atoms with Crippen LogP contribution in [0, 0.1) is 0 Å². The lowest BCUT2D eigenvalue weighted by atomic mass is 10.3. The normalized spacial score (nSPS) is 11.6. The monoisotopic (exact) mass is 251 g/mol. The molecule has 1 heterocycles. The van der Waals surface area contributed by atoms with Crippen molar-refractivity contribution in [2.75, 3.05) is 26.7 Å². The zero-order chi connectivity index (χ0) is 13.2. The van der Waals surface area contributed by atoms with Gasteiger partial charge in [-0.3, -0.25) is 4.99 Å². The second-order valence-corrected chi connectivity index (χ2v) is 4.34. The van der Waals surface area contributed by atoms with Gasteiger partial charge in [-0.25, -0.2) is 0 Å². The molecule has 1 aromatic heterocycles. The van der Waals surface area contributed by atoms with E-state index >= 15 is 0 Å². The minimum absolute atomic E-state index is 0.756. The van der Waals surface area contributed by atoms with Crippen molar-refractivity contribution in [3.63, 3.8) is 0 Å². The minimum Gasteiger partial charge on any atom is -0.469 e. The zero-order valence-corrected chi connectivity index (χ0v) is 11.8. The number of nitrogens with zero attached hydrogens (tertiary/aromatic N) is 2. The molecule has 18 heavy (non-hydrogen) atoms. The van der Waals surface area contributed by atoms with Gasteiger partial charge in [0.2, 0.25) is 0 Å². The molecule has 0 spiro atoms. The van der Waals surface area contributed by atoms with Gasteiger partial charge < -0.3 is 14.6 Å². The summed E-state index contributed by atoms with van der Waals surface area (Å²) in [7, 11) is 2.09. The number of unbranched alkanes of at least 4 members (excludes halogenated alkanes) is 1. The number of hydrogen-bond donors (Lipinski definition) is 1. The highest BCUT2D eigenvalue weighted by Crippen LogP contribution is 2.01. The fourth-order valence-corrected chi connectivity index (χ4v) is 1.70. The molecule has 102 valence electrons. The Morgan fingerprint density at radius 3 is 2.89 bits per heavy atom. The lowest BCUT2D eigenvalue weighted by Gasteiger charge is -2.21. The van der Waals surface area contributed by atoms with Crippen molar-refractivity contribution in [3.05, 3.63) is 24.2 Å². The van der Waals surface area contributed by atoms with Crippen LogP contribution in [-0.4, -0.2) is 37.5 Å². The van der Waals surface area contributed by atoms with Crippen LogP contribution in [-0.2, 0) is 6.42 Å². The molecule has 1 rings (SSSR count). The van der Waals surface area contributed by atoms with Crippen LogP contribution in [0.4, 0.5) is 0 Å². The Morgan fingerprint density at radius 2 is 2.28 bits per heavy atom. The van der Waals surface area contributed by atoms with Gasteiger partial charge in [0, 0.05) is 33.1 Å². The molecule has 0 radical (unpaired) electrons. The van der Waals surface area contributed by atoms with Gasteiger partial charge in [0.15, 0.2) is 5.96 Å². The molecule has 4 nitrogen and oxygen atoms in total. The Morgan fingerprint density at radius 1 is 1.44 bits per heavy atom. The van der Waals surface area contributed by atoms with Crippen molar-refractivity contribution in [3.8, 4) is 0 Å². The minimum atomic E-state index is 0.756.